The smallest absolute Gasteiger partial charge is 0.335 e. The first-order valence-corrected chi connectivity index (χ1v) is 8.03. The number of aromatic amines is 1. The predicted molar refractivity (Wildman–Crippen MR) is 83.1 cm³/mol. The van der Waals surface area contributed by atoms with Crippen LogP contribution in [0.1, 0.15) is 23.7 Å². The van der Waals surface area contributed by atoms with E-state index in [1.807, 2.05) is 6.20 Å². The molecule has 136 valence electrons. The Morgan fingerprint density at radius 2 is 2.23 bits per heavy atom. The molecule has 0 amide bonds. The SMILES string of the molecule is O=c1[nH]ccc(-c2noc(C(F)(F)F)n2)c1CC1CCn2ccnc2C1. The molecule has 4 rings (SSSR count). The maximum absolute atomic E-state index is 12.7. The molecule has 0 aromatic carbocycles. The Balaban J connectivity index is 1.65. The predicted octanol–water partition coefficient (Wildman–Crippen LogP) is 2.45. The molecule has 10 heteroatoms. The summed E-state index contributed by atoms with van der Waals surface area (Å²) in [5.74, 6) is -0.579. The van der Waals surface area contributed by atoms with Crippen molar-refractivity contribution in [1.82, 2.24) is 24.7 Å². The van der Waals surface area contributed by atoms with Gasteiger partial charge in [0.1, 0.15) is 5.82 Å². The topological polar surface area (TPSA) is 89.6 Å². The maximum Gasteiger partial charge on any atom is 0.471 e. The van der Waals surface area contributed by atoms with Gasteiger partial charge >= 0.3 is 12.1 Å². The van der Waals surface area contributed by atoms with E-state index in [1.54, 1.807) is 6.20 Å². The van der Waals surface area contributed by atoms with Crippen molar-refractivity contribution in [2.75, 3.05) is 0 Å². The summed E-state index contributed by atoms with van der Waals surface area (Å²) in [6.07, 6.45) is 2.21. The number of fused-ring (bicyclic) bond motifs is 1. The van der Waals surface area contributed by atoms with Crippen molar-refractivity contribution in [1.29, 1.82) is 0 Å². The normalized spacial score (nSPS) is 17.3. The van der Waals surface area contributed by atoms with Gasteiger partial charge in [0.2, 0.25) is 5.82 Å². The van der Waals surface area contributed by atoms with Crippen LogP contribution in [0.3, 0.4) is 0 Å². The highest BCUT2D eigenvalue weighted by Gasteiger charge is 2.38. The lowest BCUT2D eigenvalue weighted by molar-refractivity contribution is -0.159. The maximum atomic E-state index is 12.7. The van der Waals surface area contributed by atoms with Gasteiger partial charge < -0.3 is 14.1 Å². The summed E-state index contributed by atoms with van der Waals surface area (Å²) < 4.78 is 44.5. The van der Waals surface area contributed by atoms with Gasteiger partial charge in [-0.1, -0.05) is 5.16 Å². The molecule has 1 atom stereocenters. The third-order valence-electron chi connectivity index (χ3n) is 4.52. The number of nitrogens with zero attached hydrogens (tertiary/aromatic N) is 4. The molecule has 0 fully saturated rings. The van der Waals surface area contributed by atoms with Crippen LogP contribution in [0.15, 0.2) is 34.0 Å². The molecule has 1 unspecified atom stereocenters. The summed E-state index contributed by atoms with van der Waals surface area (Å²) in [7, 11) is 0. The Morgan fingerprint density at radius 3 is 3.00 bits per heavy atom. The quantitative estimate of drug-likeness (QED) is 0.770. The Bertz CT molecular complexity index is 988. The summed E-state index contributed by atoms with van der Waals surface area (Å²) in [5.41, 5.74) is 0.240. The van der Waals surface area contributed by atoms with Gasteiger partial charge in [-0.15, -0.1) is 0 Å². The molecule has 1 aliphatic rings. The first-order valence-electron chi connectivity index (χ1n) is 8.03. The standard InChI is InChI=1S/C16H14F3N5O2/c17-16(18,19)15-22-13(23-26-15)10-1-3-21-14(25)11(10)7-9-2-5-24-6-4-20-12(24)8-9/h1,3-4,6,9H,2,5,7-8H2,(H,21,25). The van der Waals surface area contributed by atoms with E-state index in [1.165, 1.54) is 12.3 Å². The molecule has 0 radical (unpaired) electrons. The summed E-state index contributed by atoms with van der Waals surface area (Å²) in [6, 6.07) is 1.49. The molecule has 3 aromatic heterocycles. The number of nitrogens with one attached hydrogen (secondary N) is 1. The van der Waals surface area contributed by atoms with E-state index in [-0.39, 0.29) is 22.9 Å². The lowest BCUT2D eigenvalue weighted by atomic mass is 9.89. The monoisotopic (exact) mass is 365 g/mol. The number of imidazole rings is 1. The summed E-state index contributed by atoms with van der Waals surface area (Å²) in [5, 5.41) is 3.40. The number of aromatic nitrogens is 5. The second-order valence-corrected chi connectivity index (χ2v) is 6.22. The van der Waals surface area contributed by atoms with Gasteiger partial charge in [0.15, 0.2) is 0 Å². The van der Waals surface area contributed by atoms with Crippen molar-refractivity contribution < 1.29 is 17.7 Å². The van der Waals surface area contributed by atoms with Gasteiger partial charge in [0.25, 0.3) is 5.56 Å². The van der Waals surface area contributed by atoms with Crippen LogP contribution in [0.4, 0.5) is 13.2 Å². The van der Waals surface area contributed by atoms with Crippen LogP contribution in [0.2, 0.25) is 0 Å². The fourth-order valence-electron chi connectivity index (χ4n) is 3.25. The minimum atomic E-state index is -4.73. The number of halogens is 3. The third-order valence-corrected chi connectivity index (χ3v) is 4.52. The van der Waals surface area contributed by atoms with Crippen molar-refractivity contribution >= 4 is 0 Å². The summed E-state index contributed by atoms with van der Waals surface area (Å²) >= 11 is 0. The zero-order valence-corrected chi connectivity index (χ0v) is 13.5. The molecule has 0 aliphatic carbocycles. The lowest BCUT2D eigenvalue weighted by Crippen LogP contribution is -2.24. The van der Waals surface area contributed by atoms with Gasteiger partial charge in [-0.3, -0.25) is 4.79 Å². The van der Waals surface area contributed by atoms with E-state index < -0.39 is 12.1 Å². The first kappa shape index (κ1) is 16.6. The largest absolute Gasteiger partial charge is 0.471 e. The summed E-state index contributed by atoms with van der Waals surface area (Å²) in [6.45, 7) is 0.792. The minimum absolute atomic E-state index is 0.154. The summed E-state index contributed by atoms with van der Waals surface area (Å²) in [4.78, 5) is 22.6. The number of H-pyrrole nitrogens is 1. The Morgan fingerprint density at radius 1 is 1.38 bits per heavy atom. The fourth-order valence-corrected chi connectivity index (χ4v) is 3.25. The average molecular weight is 365 g/mol. The highest BCUT2D eigenvalue weighted by Crippen LogP contribution is 2.31. The molecule has 1 aliphatic heterocycles. The molecule has 0 saturated carbocycles. The number of hydrogen-bond donors (Lipinski definition) is 1. The van der Waals surface area contributed by atoms with Crippen LogP contribution in [0, 0.1) is 5.92 Å². The Hall–Kier alpha value is -2.91. The second-order valence-electron chi connectivity index (χ2n) is 6.22. The minimum Gasteiger partial charge on any atom is -0.335 e. The van der Waals surface area contributed by atoms with Crippen LogP contribution in [0.5, 0.6) is 0 Å². The number of hydrogen-bond acceptors (Lipinski definition) is 5. The molecule has 0 spiro atoms. The van der Waals surface area contributed by atoms with Crippen molar-refractivity contribution in [2.24, 2.45) is 5.92 Å². The van der Waals surface area contributed by atoms with E-state index in [2.05, 4.69) is 29.2 Å². The number of alkyl halides is 3. The second kappa shape index (κ2) is 6.11. The van der Waals surface area contributed by atoms with Gasteiger partial charge in [-0.2, -0.15) is 18.2 Å². The van der Waals surface area contributed by atoms with Crippen LogP contribution in [-0.4, -0.2) is 24.7 Å². The van der Waals surface area contributed by atoms with Crippen molar-refractivity contribution in [2.45, 2.75) is 32.0 Å². The van der Waals surface area contributed by atoms with Crippen LogP contribution < -0.4 is 5.56 Å². The van der Waals surface area contributed by atoms with Crippen molar-refractivity contribution in [3.8, 4) is 11.4 Å². The molecule has 1 N–H and O–H groups in total. The van der Waals surface area contributed by atoms with E-state index in [9.17, 15) is 18.0 Å². The van der Waals surface area contributed by atoms with E-state index >= 15 is 0 Å². The Labute approximate surface area is 144 Å². The van der Waals surface area contributed by atoms with Crippen molar-refractivity contribution in [3.05, 3.63) is 52.3 Å². The van der Waals surface area contributed by atoms with Crippen LogP contribution in [-0.2, 0) is 25.6 Å². The highest BCUT2D eigenvalue weighted by molar-refractivity contribution is 5.58. The van der Waals surface area contributed by atoms with E-state index in [0.717, 1.165) is 18.8 Å². The molecule has 4 heterocycles. The van der Waals surface area contributed by atoms with Crippen LogP contribution >= 0.6 is 0 Å². The fraction of sp³-hybridized carbons (Fsp3) is 0.375. The molecule has 26 heavy (non-hydrogen) atoms. The molecule has 0 saturated heterocycles. The highest BCUT2D eigenvalue weighted by atomic mass is 19.4. The molecule has 3 aromatic rings. The van der Waals surface area contributed by atoms with E-state index in [0.29, 0.717) is 18.4 Å². The van der Waals surface area contributed by atoms with Crippen molar-refractivity contribution in [3.63, 3.8) is 0 Å². The Kier molecular flexibility index (Phi) is 3.89. The van der Waals surface area contributed by atoms with E-state index in [4.69, 9.17) is 0 Å². The zero-order chi connectivity index (χ0) is 18.3. The average Bonchev–Trinajstić information content (AvgIpc) is 3.24. The first-order chi connectivity index (χ1) is 12.4. The van der Waals surface area contributed by atoms with Gasteiger partial charge in [0, 0.05) is 42.7 Å². The third kappa shape index (κ3) is 3.02. The number of aryl methyl sites for hydroxylation is 1. The molecular weight excluding hydrogens is 351 g/mol. The van der Waals surface area contributed by atoms with Gasteiger partial charge in [-0.05, 0) is 24.8 Å². The molecule has 0 bridgehead atoms. The van der Waals surface area contributed by atoms with Gasteiger partial charge in [-0.25, -0.2) is 4.98 Å². The molecular formula is C16H14F3N5O2. The number of rotatable bonds is 3. The molecule has 7 nitrogen and oxygen atoms in total. The van der Waals surface area contributed by atoms with Crippen LogP contribution in [0.25, 0.3) is 11.4 Å². The number of pyridine rings is 1. The lowest BCUT2D eigenvalue weighted by Gasteiger charge is -2.23. The zero-order valence-electron chi connectivity index (χ0n) is 13.5. The van der Waals surface area contributed by atoms with Gasteiger partial charge in [0.05, 0.1) is 0 Å².